The zero-order valence-corrected chi connectivity index (χ0v) is 13.7. The van der Waals surface area contributed by atoms with Crippen LogP contribution in [-0.2, 0) is 11.3 Å². The van der Waals surface area contributed by atoms with Gasteiger partial charge in [0.2, 0.25) is 5.91 Å². The van der Waals surface area contributed by atoms with E-state index in [0.717, 1.165) is 6.54 Å². The van der Waals surface area contributed by atoms with Gasteiger partial charge in [-0.2, -0.15) is 0 Å². The number of quaternary nitrogens is 1. The van der Waals surface area contributed by atoms with Gasteiger partial charge in [-0.25, -0.2) is 0 Å². The zero-order valence-electron chi connectivity index (χ0n) is 12.9. The molecular formula is C18H22ClN2O+. The summed E-state index contributed by atoms with van der Waals surface area (Å²) in [7, 11) is 0. The first-order valence-corrected chi connectivity index (χ1v) is 7.75. The maximum atomic E-state index is 10.8. The molecule has 0 aliphatic rings. The summed E-state index contributed by atoms with van der Waals surface area (Å²) in [6.45, 7) is 2.57. The van der Waals surface area contributed by atoms with Crippen LogP contribution in [0.1, 0.15) is 12.5 Å². The number of carbonyl (C=O) groups excluding carboxylic acids is 1. The number of benzene rings is 2. The zero-order chi connectivity index (χ0) is 16.4. The standard InChI is InChI=1S/C17H18N2O.CH3Cl/c1-13(17(18)20)6-5-11-19-12-15-9-4-8-14-7-2-3-10-16(14)15;1-2/h2-11,19H,12H2,1H3,(H2,18,20);1H3/p+1/b11-5-,13-6+;. The number of fused-ring (bicyclic) bond motifs is 1. The molecule has 0 unspecified atom stereocenters. The number of primary amides is 1. The van der Waals surface area contributed by atoms with Crippen molar-refractivity contribution in [2.45, 2.75) is 13.5 Å². The number of hydrogen-bond acceptors (Lipinski definition) is 1. The second-order valence-corrected chi connectivity index (χ2v) is 4.68. The van der Waals surface area contributed by atoms with Crippen molar-refractivity contribution in [1.29, 1.82) is 0 Å². The smallest absolute Gasteiger partial charge is 0.244 e. The average molecular weight is 318 g/mol. The quantitative estimate of drug-likeness (QED) is 0.497. The maximum absolute atomic E-state index is 10.8. The molecule has 2 rings (SSSR count). The topological polar surface area (TPSA) is 59.7 Å². The van der Waals surface area contributed by atoms with Crippen LogP contribution in [0.25, 0.3) is 10.8 Å². The molecule has 0 spiro atoms. The molecule has 0 radical (unpaired) electrons. The van der Waals surface area contributed by atoms with Crippen molar-refractivity contribution in [3.63, 3.8) is 0 Å². The van der Waals surface area contributed by atoms with E-state index in [1.54, 1.807) is 13.0 Å². The predicted octanol–water partition coefficient (Wildman–Crippen LogP) is 2.70. The molecule has 2 aromatic rings. The van der Waals surface area contributed by atoms with E-state index >= 15 is 0 Å². The Morgan fingerprint density at radius 2 is 1.86 bits per heavy atom. The summed E-state index contributed by atoms with van der Waals surface area (Å²) in [6, 6.07) is 14.7. The molecule has 2 aromatic carbocycles. The first kappa shape index (κ1) is 18.0. The lowest BCUT2D eigenvalue weighted by Gasteiger charge is -2.03. The highest BCUT2D eigenvalue weighted by atomic mass is 35.5. The molecule has 4 heteroatoms. The minimum absolute atomic E-state index is 0.385. The Balaban J connectivity index is 0.00000116. The normalized spacial score (nSPS) is 11.3. The molecule has 0 heterocycles. The monoisotopic (exact) mass is 317 g/mol. The van der Waals surface area contributed by atoms with Crippen LogP contribution in [0.5, 0.6) is 0 Å². The summed E-state index contributed by atoms with van der Waals surface area (Å²) < 4.78 is 0. The van der Waals surface area contributed by atoms with Gasteiger partial charge in [0.1, 0.15) is 6.54 Å². The van der Waals surface area contributed by atoms with Crippen molar-refractivity contribution >= 4 is 28.3 Å². The summed E-state index contributed by atoms with van der Waals surface area (Å²) in [6.07, 6.45) is 6.97. The van der Waals surface area contributed by atoms with Gasteiger partial charge in [0.15, 0.2) is 0 Å². The van der Waals surface area contributed by atoms with Gasteiger partial charge in [0.05, 0.1) is 6.20 Å². The Kier molecular flexibility index (Phi) is 7.97. The van der Waals surface area contributed by atoms with Crippen LogP contribution in [0.2, 0.25) is 0 Å². The van der Waals surface area contributed by atoms with Gasteiger partial charge < -0.3 is 11.1 Å². The number of hydrogen-bond donors (Lipinski definition) is 2. The molecule has 0 bridgehead atoms. The van der Waals surface area contributed by atoms with Crippen molar-refractivity contribution in [2.24, 2.45) is 5.73 Å². The predicted molar refractivity (Wildman–Crippen MR) is 93.4 cm³/mol. The highest BCUT2D eigenvalue weighted by Gasteiger charge is 2.00. The Morgan fingerprint density at radius 1 is 1.18 bits per heavy atom. The Morgan fingerprint density at radius 3 is 2.59 bits per heavy atom. The largest absolute Gasteiger partial charge is 0.366 e. The van der Waals surface area contributed by atoms with E-state index < -0.39 is 0 Å². The molecule has 0 saturated carbocycles. The number of rotatable bonds is 5. The summed E-state index contributed by atoms with van der Waals surface area (Å²) in [4.78, 5) is 10.8. The highest BCUT2D eigenvalue weighted by molar-refractivity contribution is 6.15. The van der Waals surface area contributed by atoms with Crippen molar-refractivity contribution in [3.05, 3.63) is 72.0 Å². The van der Waals surface area contributed by atoms with Gasteiger partial charge in [0, 0.05) is 17.5 Å². The van der Waals surface area contributed by atoms with Crippen LogP contribution in [0.15, 0.2) is 66.4 Å². The SMILES string of the molecule is C/C(=C\C=C/[NH2+]Cc1cccc2ccccc12)C(N)=O.CCl. The molecule has 0 saturated heterocycles. The Hall–Kier alpha value is -2.10. The summed E-state index contributed by atoms with van der Waals surface area (Å²) in [5.41, 5.74) is 7.00. The Bertz CT molecular complexity index is 672. The fourth-order valence-corrected chi connectivity index (χ4v) is 2.03. The van der Waals surface area contributed by atoms with E-state index in [2.05, 4.69) is 53.3 Å². The first-order valence-electron chi connectivity index (χ1n) is 6.99. The lowest BCUT2D eigenvalue weighted by atomic mass is 10.0. The number of carbonyl (C=O) groups is 1. The van der Waals surface area contributed by atoms with Gasteiger partial charge in [0.25, 0.3) is 0 Å². The average Bonchev–Trinajstić information content (AvgIpc) is 2.56. The molecule has 0 fully saturated rings. The number of allylic oxidation sites excluding steroid dienone is 2. The summed E-state index contributed by atoms with van der Waals surface area (Å²) in [5, 5.41) is 4.61. The molecule has 22 heavy (non-hydrogen) atoms. The molecule has 116 valence electrons. The Labute approximate surface area is 136 Å². The van der Waals surface area contributed by atoms with Crippen molar-refractivity contribution < 1.29 is 10.1 Å². The second-order valence-electron chi connectivity index (χ2n) is 4.68. The molecule has 1 amide bonds. The van der Waals surface area contributed by atoms with Gasteiger partial charge in [-0.1, -0.05) is 42.5 Å². The lowest BCUT2D eigenvalue weighted by molar-refractivity contribution is -0.604. The van der Waals surface area contributed by atoms with Crippen molar-refractivity contribution in [2.75, 3.05) is 6.38 Å². The van der Waals surface area contributed by atoms with Gasteiger partial charge in [-0.15, -0.1) is 11.6 Å². The van der Waals surface area contributed by atoms with E-state index in [-0.39, 0.29) is 5.91 Å². The molecule has 0 aliphatic carbocycles. The van der Waals surface area contributed by atoms with Crippen LogP contribution in [-0.4, -0.2) is 12.3 Å². The highest BCUT2D eigenvalue weighted by Crippen LogP contribution is 2.17. The van der Waals surface area contributed by atoms with Crippen LogP contribution < -0.4 is 11.1 Å². The first-order chi connectivity index (χ1) is 10.7. The minimum Gasteiger partial charge on any atom is -0.366 e. The van der Waals surface area contributed by atoms with Crippen molar-refractivity contribution in [1.82, 2.24) is 0 Å². The van der Waals surface area contributed by atoms with E-state index in [1.807, 2.05) is 18.3 Å². The molecule has 3 nitrogen and oxygen atoms in total. The van der Waals surface area contributed by atoms with Gasteiger partial charge in [-0.3, -0.25) is 4.79 Å². The summed E-state index contributed by atoms with van der Waals surface area (Å²) in [5.74, 6) is -0.385. The minimum atomic E-state index is -0.385. The van der Waals surface area contributed by atoms with E-state index in [4.69, 9.17) is 5.73 Å². The third-order valence-electron chi connectivity index (χ3n) is 3.20. The lowest BCUT2D eigenvalue weighted by Crippen LogP contribution is -2.76. The van der Waals surface area contributed by atoms with Gasteiger partial charge >= 0.3 is 0 Å². The fraction of sp³-hybridized carbons (Fsp3) is 0.167. The van der Waals surface area contributed by atoms with Crippen molar-refractivity contribution in [3.8, 4) is 0 Å². The van der Waals surface area contributed by atoms with Crippen LogP contribution in [0, 0.1) is 0 Å². The third-order valence-corrected chi connectivity index (χ3v) is 3.20. The van der Waals surface area contributed by atoms with E-state index in [0.29, 0.717) is 5.57 Å². The third kappa shape index (κ3) is 5.35. The molecule has 0 aliphatic heterocycles. The molecule has 4 N–H and O–H groups in total. The molecule has 0 atom stereocenters. The maximum Gasteiger partial charge on any atom is 0.244 e. The van der Waals surface area contributed by atoms with Crippen LogP contribution in [0.4, 0.5) is 0 Å². The van der Waals surface area contributed by atoms with Gasteiger partial charge in [-0.05, 0) is 29.8 Å². The number of halogens is 1. The van der Waals surface area contributed by atoms with E-state index in [9.17, 15) is 4.79 Å². The summed E-state index contributed by atoms with van der Waals surface area (Å²) >= 11 is 4.64. The second kappa shape index (κ2) is 9.77. The molecule has 0 aromatic heterocycles. The van der Waals surface area contributed by atoms with E-state index in [1.165, 1.54) is 22.7 Å². The fourth-order valence-electron chi connectivity index (χ4n) is 2.03. The van der Waals surface area contributed by atoms with Crippen LogP contribution >= 0.6 is 11.6 Å². The number of alkyl halides is 1. The molecular weight excluding hydrogens is 296 g/mol. The number of amides is 1. The van der Waals surface area contributed by atoms with Crippen LogP contribution in [0.3, 0.4) is 0 Å². The number of nitrogens with two attached hydrogens (primary N) is 2.